The Kier molecular flexibility index (Phi) is 4.31. The predicted molar refractivity (Wildman–Crippen MR) is 97.0 cm³/mol. The summed E-state index contributed by atoms with van der Waals surface area (Å²) in [4.78, 5) is 29.0. The van der Waals surface area contributed by atoms with E-state index in [1.807, 2.05) is 36.4 Å². The first-order valence-electron chi connectivity index (χ1n) is 8.16. The topological polar surface area (TPSA) is 65.5 Å². The van der Waals surface area contributed by atoms with Gasteiger partial charge in [0.1, 0.15) is 0 Å². The number of cyclic esters (lactones) is 1. The molecule has 2 heterocycles. The number of ether oxygens (including phenoxy) is 2. The van der Waals surface area contributed by atoms with Gasteiger partial charge >= 0.3 is 11.9 Å². The van der Waals surface area contributed by atoms with Crippen LogP contribution in [0.5, 0.6) is 0 Å². The second-order valence-corrected chi connectivity index (χ2v) is 6.31. The molecule has 1 aromatic heterocycles. The summed E-state index contributed by atoms with van der Waals surface area (Å²) in [5, 5.41) is 1.19. The zero-order valence-electron chi connectivity index (χ0n) is 13.6. The molecule has 5 nitrogen and oxygen atoms in total. The summed E-state index contributed by atoms with van der Waals surface area (Å²) in [6, 6.07) is 16.2. The molecule has 1 atom stereocenters. The number of hydrogen-bond acceptors (Lipinski definition) is 5. The van der Waals surface area contributed by atoms with Gasteiger partial charge in [0.2, 0.25) is 6.10 Å². The van der Waals surface area contributed by atoms with Crippen LogP contribution >= 0.6 is 11.6 Å². The van der Waals surface area contributed by atoms with Crippen LogP contribution < -0.4 is 0 Å². The van der Waals surface area contributed by atoms with Crippen molar-refractivity contribution in [3.05, 3.63) is 65.2 Å². The van der Waals surface area contributed by atoms with Gasteiger partial charge in [-0.15, -0.1) is 0 Å². The number of hydrogen-bond donors (Lipinski definition) is 0. The molecule has 0 saturated carbocycles. The van der Waals surface area contributed by atoms with E-state index in [4.69, 9.17) is 21.1 Å². The quantitative estimate of drug-likeness (QED) is 0.654. The monoisotopic (exact) mass is 367 g/mol. The van der Waals surface area contributed by atoms with Crippen LogP contribution in [0.4, 0.5) is 0 Å². The maximum absolute atomic E-state index is 12.7. The van der Waals surface area contributed by atoms with Gasteiger partial charge in [-0.05, 0) is 18.2 Å². The Bertz CT molecular complexity index is 1020. The minimum Gasteiger partial charge on any atom is -0.463 e. The fourth-order valence-corrected chi connectivity index (χ4v) is 3.16. The number of benzene rings is 2. The van der Waals surface area contributed by atoms with E-state index in [-0.39, 0.29) is 6.61 Å². The minimum absolute atomic E-state index is 0.263. The molecule has 2 aromatic carbocycles. The molecule has 1 aliphatic rings. The highest BCUT2D eigenvalue weighted by Gasteiger charge is 2.31. The molecule has 0 amide bonds. The summed E-state index contributed by atoms with van der Waals surface area (Å²) in [5.41, 5.74) is 2.26. The molecule has 4 rings (SSSR count). The molecule has 1 saturated heterocycles. The Morgan fingerprint density at radius 3 is 2.69 bits per heavy atom. The molecular formula is C20H14ClNO4. The van der Waals surface area contributed by atoms with Gasteiger partial charge in [0.15, 0.2) is 0 Å². The van der Waals surface area contributed by atoms with E-state index in [1.54, 1.807) is 18.2 Å². The molecule has 26 heavy (non-hydrogen) atoms. The molecular weight excluding hydrogens is 354 g/mol. The van der Waals surface area contributed by atoms with Crippen molar-refractivity contribution in [2.45, 2.75) is 12.5 Å². The average molecular weight is 368 g/mol. The SMILES string of the molecule is O=C(O[C@H]1CCOC1=O)c1cc(-c2ccccc2Cl)nc2ccccc12. The Hall–Kier alpha value is -2.92. The number of fused-ring (bicyclic) bond motifs is 1. The summed E-state index contributed by atoms with van der Waals surface area (Å²) in [7, 11) is 0. The van der Waals surface area contributed by atoms with Crippen molar-refractivity contribution >= 4 is 34.4 Å². The normalized spacial score (nSPS) is 16.5. The number of nitrogens with zero attached hydrogens (tertiary/aromatic N) is 1. The smallest absolute Gasteiger partial charge is 0.347 e. The van der Waals surface area contributed by atoms with Crippen LogP contribution in [0.3, 0.4) is 0 Å². The van der Waals surface area contributed by atoms with Crippen LogP contribution in [0.2, 0.25) is 5.02 Å². The molecule has 0 N–H and O–H groups in total. The van der Waals surface area contributed by atoms with Crippen molar-refractivity contribution in [2.75, 3.05) is 6.61 Å². The predicted octanol–water partition coefficient (Wildman–Crippen LogP) is 4.03. The standard InChI is InChI=1S/C20H14ClNO4/c21-15-7-3-1-6-13(15)17-11-14(12-5-2-4-8-16(12)22-17)19(23)26-18-9-10-25-20(18)24/h1-8,11,18H,9-10H2/t18-/m0/s1. The molecule has 0 aliphatic carbocycles. The van der Waals surface area contributed by atoms with Crippen LogP contribution in [0.25, 0.3) is 22.2 Å². The highest BCUT2D eigenvalue weighted by atomic mass is 35.5. The number of carbonyl (C=O) groups excluding carboxylic acids is 2. The van der Waals surface area contributed by atoms with E-state index in [2.05, 4.69) is 4.98 Å². The first-order valence-corrected chi connectivity index (χ1v) is 8.53. The lowest BCUT2D eigenvalue weighted by atomic mass is 10.0. The number of carbonyl (C=O) groups is 2. The van der Waals surface area contributed by atoms with Gasteiger partial charge in [-0.3, -0.25) is 0 Å². The summed E-state index contributed by atoms with van der Waals surface area (Å²) < 4.78 is 10.2. The van der Waals surface area contributed by atoms with Gasteiger partial charge < -0.3 is 9.47 Å². The summed E-state index contributed by atoms with van der Waals surface area (Å²) in [6.07, 6.45) is -0.497. The highest BCUT2D eigenvalue weighted by molar-refractivity contribution is 6.33. The van der Waals surface area contributed by atoms with E-state index < -0.39 is 18.0 Å². The fourth-order valence-electron chi connectivity index (χ4n) is 2.93. The van der Waals surface area contributed by atoms with Gasteiger partial charge in [-0.25, -0.2) is 14.6 Å². The number of aromatic nitrogens is 1. The van der Waals surface area contributed by atoms with Crippen LogP contribution in [-0.2, 0) is 14.3 Å². The van der Waals surface area contributed by atoms with E-state index in [1.165, 1.54) is 0 Å². The van der Waals surface area contributed by atoms with Crippen molar-refractivity contribution in [3.63, 3.8) is 0 Å². The van der Waals surface area contributed by atoms with E-state index in [0.717, 1.165) is 0 Å². The third-order valence-corrected chi connectivity index (χ3v) is 4.55. The van der Waals surface area contributed by atoms with Gasteiger partial charge in [-0.2, -0.15) is 0 Å². The number of halogens is 1. The van der Waals surface area contributed by atoms with Crippen LogP contribution in [0.15, 0.2) is 54.6 Å². The van der Waals surface area contributed by atoms with Crippen molar-refractivity contribution in [1.82, 2.24) is 4.98 Å². The molecule has 3 aromatic rings. The Morgan fingerprint density at radius 2 is 1.92 bits per heavy atom. The van der Waals surface area contributed by atoms with Gasteiger partial charge in [0, 0.05) is 22.4 Å². The molecule has 1 aliphatic heterocycles. The number of esters is 2. The lowest BCUT2D eigenvalue weighted by Crippen LogP contribution is -2.23. The van der Waals surface area contributed by atoms with Gasteiger partial charge in [0.05, 0.1) is 23.4 Å². The van der Waals surface area contributed by atoms with Crippen LogP contribution in [-0.4, -0.2) is 29.6 Å². The first kappa shape index (κ1) is 16.5. The molecule has 1 fully saturated rings. The van der Waals surface area contributed by atoms with Crippen molar-refractivity contribution in [2.24, 2.45) is 0 Å². The maximum atomic E-state index is 12.7. The Labute approximate surface area is 154 Å². The van der Waals surface area contributed by atoms with E-state index >= 15 is 0 Å². The second kappa shape index (κ2) is 6.77. The second-order valence-electron chi connectivity index (χ2n) is 5.90. The Morgan fingerprint density at radius 1 is 1.15 bits per heavy atom. The number of pyridine rings is 1. The van der Waals surface area contributed by atoms with Gasteiger partial charge in [-0.1, -0.05) is 48.0 Å². The summed E-state index contributed by atoms with van der Waals surface area (Å²) in [6.45, 7) is 0.263. The van der Waals surface area contributed by atoms with E-state index in [0.29, 0.717) is 39.2 Å². The third-order valence-electron chi connectivity index (χ3n) is 4.22. The largest absolute Gasteiger partial charge is 0.463 e. The van der Waals surface area contributed by atoms with Crippen molar-refractivity contribution < 1.29 is 19.1 Å². The molecule has 6 heteroatoms. The number of para-hydroxylation sites is 1. The van der Waals surface area contributed by atoms with E-state index in [9.17, 15) is 9.59 Å². The zero-order valence-corrected chi connectivity index (χ0v) is 14.4. The van der Waals surface area contributed by atoms with Crippen LogP contribution in [0.1, 0.15) is 16.8 Å². The lowest BCUT2D eigenvalue weighted by Gasteiger charge is -2.12. The number of rotatable bonds is 3. The van der Waals surface area contributed by atoms with Crippen molar-refractivity contribution in [3.8, 4) is 11.3 Å². The lowest BCUT2D eigenvalue weighted by molar-refractivity contribution is -0.145. The van der Waals surface area contributed by atoms with Crippen LogP contribution in [0, 0.1) is 0 Å². The molecule has 0 spiro atoms. The Balaban J connectivity index is 1.81. The van der Waals surface area contributed by atoms with Crippen molar-refractivity contribution in [1.29, 1.82) is 0 Å². The zero-order chi connectivity index (χ0) is 18.1. The summed E-state index contributed by atoms with van der Waals surface area (Å²) in [5.74, 6) is -1.09. The maximum Gasteiger partial charge on any atom is 0.347 e. The fraction of sp³-hybridized carbons (Fsp3) is 0.150. The molecule has 0 unspecified atom stereocenters. The van der Waals surface area contributed by atoms with Gasteiger partial charge in [0.25, 0.3) is 0 Å². The minimum atomic E-state index is -0.863. The first-order chi connectivity index (χ1) is 12.6. The third kappa shape index (κ3) is 3.02. The summed E-state index contributed by atoms with van der Waals surface area (Å²) >= 11 is 6.28. The highest BCUT2D eigenvalue weighted by Crippen LogP contribution is 2.30. The average Bonchev–Trinajstić information content (AvgIpc) is 3.06. The molecule has 130 valence electrons. The molecule has 0 bridgehead atoms. The molecule has 0 radical (unpaired) electrons.